The molecule has 0 atom stereocenters. The van der Waals surface area contributed by atoms with Crippen molar-refractivity contribution in [1.82, 2.24) is 0 Å². The van der Waals surface area contributed by atoms with Gasteiger partial charge in [0.2, 0.25) is 0 Å². The molecular weight excluding hydrogens is 394 g/mol. The summed E-state index contributed by atoms with van der Waals surface area (Å²) in [7, 11) is 0. The van der Waals surface area contributed by atoms with E-state index in [0.717, 1.165) is 48.8 Å². The van der Waals surface area contributed by atoms with Crippen LogP contribution >= 0.6 is 0 Å². The Labute approximate surface area is 185 Å². The molecule has 0 N–H and O–H groups in total. The van der Waals surface area contributed by atoms with Gasteiger partial charge in [0.25, 0.3) is 0 Å². The third-order valence-corrected chi connectivity index (χ3v) is 7.02. The number of hydrogen-bond donors (Lipinski definition) is 0. The molecule has 168 valence electrons. The summed E-state index contributed by atoms with van der Waals surface area (Å²) in [6, 6.07) is 14.1. The fourth-order valence-corrected chi connectivity index (χ4v) is 5.10. The van der Waals surface area contributed by atoms with Crippen LogP contribution in [-0.4, -0.2) is 25.2 Å². The summed E-state index contributed by atoms with van der Waals surface area (Å²) in [5.74, 6) is 0.740. The molecule has 4 rings (SSSR count). The van der Waals surface area contributed by atoms with Crippen LogP contribution < -0.4 is 0 Å². The van der Waals surface area contributed by atoms with Crippen molar-refractivity contribution in [3.63, 3.8) is 0 Å². The Morgan fingerprint density at radius 1 is 0.903 bits per heavy atom. The molecule has 0 spiro atoms. The molecule has 1 saturated heterocycles. The first-order chi connectivity index (χ1) is 15.0. The fourth-order valence-electron chi connectivity index (χ4n) is 5.10. The molecule has 0 aromatic heterocycles. The second kappa shape index (κ2) is 9.79. The highest BCUT2D eigenvalue weighted by Crippen LogP contribution is 2.40. The fraction of sp³-hybridized carbons (Fsp3) is 0.556. The van der Waals surface area contributed by atoms with E-state index in [-0.39, 0.29) is 25.3 Å². The van der Waals surface area contributed by atoms with Crippen LogP contribution in [-0.2, 0) is 15.9 Å². The first kappa shape index (κ1) is 22.4. The van der Waals surface area contributed by atoms with Gasteiger partial charge in [0.15, 0.2) is 12.0 Å². The smallest absolute Gasteiger partial charge is 0.160 e. The van der Waals surface area contributed by atoms with E-state index in [1.54, 1.807) is 6.07 Å². The maximum absolute atomic E-state index is 14.5. The summed E-state index contributed by atoms with van der Waals surface area (Å²) in [6.45, 7) is 4.27. The predicted octanol–water partition coefficient (Wildman–Crippen LogP) is 7.21. The van der Waals surface area contributed by atoms with Crippen molar-refractivity contribution < 1.29 is 18.3 Å². The minimum absolute atomic E-state index is 0.130. The lowest BCUT2D eigenvalue weighted by molar-refractivity contribution is -0.257. The number of alkyl halides is 1. The van der Waals surface area contributed by atoms with Crippen LogP contribution in [0.2, 0.25) is 0 Å². The Morgan fingerprint density at radius 3 is 2.13 bits per heavy atom. The zero-order chi connectivity index (χ0) is 21.8. The number of ether oxygens (including phenoxy) is 2. The van der Waals surface area contributed by atoms with Crippen LogP contribution in [0.5, 0.6) is 0 Å². The van der Waals surface area contributed by atoms with Crippen molar-refractivity contribution in [1.29, 1.82) is 0 Å². The van der Waals surface area contributed by atoms with Crippen LogP contribution in [0.25, 0.3) is 11.1 Å². The van der Waals surface area contributed by atoms with Gasteiger partial charge in [0, 0.05) is 5.92 Å². The van der Waals surface area contributed by atoms with E-state index in [1.807, 2.05) is 26.0 Å². The summed E-state index contributed by atoms with van der Waals surface area (Å²) < 4.78 is 40.3. The second-order valence-corrected chi connectivity index (χ2v) is 9.28. The quantitative estimate of drug-likeness (QED) is 0.484. The molecule has 0 bridgehead atoms. The average molecular weight is 429 g/mol. The van der Waals surface area contributed by atoms with Crippen molar-refractivity contribution in [3.05, 3.63) is 59.4 Å². The highest BCUT2D eigenvalue weighted by molar-refractivity contribution is 5.64. The van der Waals surface area contributed by atoms with E-state index in [9.17, 15) is 8.78 Å². The Hall–Kier alpha value is -1.78. The minimum atomic E-state index is -1.32. The molecule has 4 heteroatoms. The molecular formula is C27H34F2O2. The maximum Gasteiger partial charge on any atom is 0.160 e. The van der Waals surface area contributed by atoms with Gasteiger partial charge in [-0.25, -0.2) is 8.78 Å². The Kier molecular flexibility index (Phi) is 7.08. The molecule has 0 radical (unpaired) electrons. The van der Waals surface area contributed by atoms with E-state index < -0.39 is 5.67 Å². The van der Waals surface area contributed by atoms with Crippen LogP contribution in [0.15, 0.2) is 42.5 Å². The Morgan fingerprint density at radius 2 is 1.55 bits per heavy atom. The van der Waals surface area contributed by atoms with Crippen molar-refractivity contribution in [2.24, 2.45) is 5.92 Å². The van der Waals surface area contributed by atoms with Gasteiger partial charge in [-0.15, -0.1) is 0 Å². The molecule has 31 heavy (non-hydrogen) atoms. The molecule has 2 nitrogen and oxygen atoms in total. The van der Waals surface area contributed by atoms with Crippen LogP contribution in [0.3, 0.4) is 0 Å². The number of rotatable bonds is 6. The van der Waals surface area contributed by atoms with Gasteiger partial charge < -0.3 is 9.47 Å². The van der Waals surface area contributed by atoms with Crippen molar-refractivity contribution in [2.75, 3.05) is 13.2 Å². The zero-order valence-corrected chi connectivity index (χ0v) is 18.7. The molecule has 1 heterocycles. The largest absolute Gasteiger partial charge is 0.349 e. The molecule has 1 aliphatic carbocycles. The van der Waals surface area contributed by atoms with E-state index in [0.29, 0.717) is 24.7 Å². The number of halogens is 2. The normalized spacial score (nSPS) is 29.1. The lowest BCUT2D eigenvalue weighted by Gasteiger charge is -2.40. The van der Waals surface area contributed by atoms with Gasteiger partial charge in [-0.1, -0.05) is 56.7 Å². The SMILES string of the molecule is CCCC1(F)COC(C2CCC(c3ccc(-c4ccc(CC)c(F)c4)cc3)CC2)OC1. The predicted molar refractivity (Wildman–Crippen MR) is 120 cm³/mol. The summed E-state index contributed by atoms with van der Waals surface area (Å²) in [6.07, 6.45) is 5.99. The molecule has 1 saturated carbocycles. The summed E-state index contributed by atoms with van der Waals surface area (Å²) in [5, 5.41) is 0. The third-order valence-electron chi connectivity index (χ3n) is 7.02. The first-order valence-electron chi connectivity index (χ1n) is 11.8. The summed E-state index contributed by atoms with van der Waals surface area (Å²) >= 11 is 0. The highest BCUT2D eigenvalue weighted by atomic mass is 19.1. The first-order valence-corrected chi connectivity index (χ1v) is 11.8. The summed E-state index contributed by atoms with van der Waals surface area (Å²) in [5.41, 5.74) is 2.74. The van der Waals surface area contributed by atoms with Gasteiger partial charge in [-0.3, -0.25) is 0 Å². The van der Waals surface area contributed by atoms with Gasteiger partial charge >= 0.3 is 0 Å². The molecule has 0 unspecified atom stereocenters. The minimum Gasteiger partial charge on any atom is -0.349 e. The van der Waals surface area contributed by atoms with E-state index in [4.69, 9.17) is 9.47 Å². The van der Waals surface area contributed by atoms with E-state index >= 15 is 0 Å². The Balaban J connectivity index is 1.32. The van der Waals surface area contributed by atoms with Crippen LogP contribution in [0.1, 0.15) is 69.4 Å². The molecule has 2 fully saturated rings. The standard InChI is InChI=1S/C27H34F2O2/c1-3-15-27(29)17-30-26(31-18-27)23-12-10-21(11-13-23)20-6-8-22(9-7-20)24-14-5-19(4-2)25(28)16-24/h5-9,14,16,21,23,26H,3-4,10-13,15,17-18H2,1-2H3. The van der Waals surface area contributed by atoms with Crippen LogP contribution in [0.4, 0.5) is 8.78 Å². The zero-order valence-electron chi connectivity index (χ0n) is 18.7. The number of benzene rings is 2. The van der Waals surface area contributed by atoms with Crippen molar-refractivity contribution in [2.45, 2.75) is 76.7 Å². The van der Waals surface area contributed by atoms with Gasteiger partial charge in [-0.2, -0.15) is 0 Å². The highest BCUT2D eigenvalue weighted by Gasteiger charge is 2.39. The molecule has 2 aliphatic rings. The lowest BCUT2D eigenvalue weighted by atomic mass is 9.78. The lowest BCUT2D eigenvalue weighted by Crippen LogP contribution is -2.46. The van der Waals surface area contributed by atoms with Crippen molar-refractivity contribution in [3.8, 4) is 11.1 Å². The van der Waals surface area contributed by atoms with Gasteiger partial charge in [-0.05, 0) is 72.8 Å². The van der Waals surface area contributed by atoms with Crippen LogP contribution in [0, 0.1) is 11.7 Å². The third kappa shape index (κ3) is 5.18. The van der Waals surface area contributed by atoms with Crippen molar-refractivity contribution >= 4 is 0 Å². The Bertz CT molecular complexity index is 848. The topological polar surface area (TPSA) is 18.5 Å². The van der Waals surface area contributed by atoms with E-state index in [2.05, 4.69) is 24.3 Å². The second-order valence-electron chi connectivity index (χ2n) is 9.28. The molecule has 1 aliphatic heterocycles. The van der Waals surface area contributed by atoms with E-state index in [1.165, 1.54) is 5.56 Å². The summed E-state index contributed by atoms with van der Waals surface area (Å²) in [4.78, 5) is 0. The molecule has 2 aromatic carbocycles. The number of aryl methyl sites for hydroxylation is 1. The van der Waals surface area contributed by atoms with Gasteiger partial charge in [0.1, 0.15) is 5.82 Å². The van der Waals surface area contributed by atoms with Gasteiger partial charge in [0.05, 0.1) is 13.2 Å². The number of hydrogen-bond acceptors (Lipinski definition) is 2. The monoisotopic (exact) mass is 428 g/mol. The molecule has 2 aromatic rings. The maximum atomic E-state index is 14.5. The molecule has 0 amide bonds. The average Bonchev–Trinajstić information content (AvgIpc) is 2.80.